The largest absolute Gasteiger partial charge is 0.352 e. The highest BCUT2D eigenvalue weighted by Gasteiger charge is 2.30. The molecule has 3 unspecified atom stereocenters. The summed E-state index contributed by atoms with van der Waals surface area (Å²) in [6, 6.07) is 2.39. The average Bonchev–Trinajstić information content (AvgIpc) is 2.77. The Morgan fingerprint density at radius 3 is 2.88 bits per heavy atom. The maximum Gasteiger partial charge on any atom is 0.224 e. The highest BCUT2D eigenvalue weighted by atomic mass is 16.2. The van der Waals surface area contributed by atoms with Crippen molar-refractivity contribution < 1.29 is 4.79 Å². The van der Waals surface area contributed by atoms with Gasteiger partial charge in [-0.1, -0.05) is 0 Å². The molecule has 1 aliphatic carbocycles. The second-order valence-electron chi connectivity index (χ2n) is 4.82. The zero-order valence-corrected chi connectivity index (χ0v) is 9.54. The standard InChI is InChI=1S/C12H19N3O/c13-7-9-3-1-5-11(9)15-12(16)10-4-2-6-14-8-10/h9-11,14H,1-6,8H2,(H,15,16). The Morgan fingerprint density at radius 1 is 1.31 bits per heavy atom. The molecule has 1 amide bonds. The topological polar surface area (TPSA) is 64.9 Å². The Hall–Kier alpha value is -1.08. The lowest BCUT2D eigenvalue weighted by molar-refractivity contribution is -0.126. The van der Waals surface area contributed by atoms with Crippen LogP contribution < -0.4 is 10.6 Å². The lowest BCUT2D eigenvalue weighted by Crippen LogP contribution is -2.45. The van der Waals surface area contributed by atoms with Gasteiger partial charge in [-0.05, 0) is 38.6 Å². The Balaban J connectivity index is 1.84. The van der Waals surface area contributed by atoms with E-state index in [2.05, 4.69) is 16.7 Å². The third-order valence-corrected chi connectivity index (χ3v) is 3.68. The molecule has 4 heteroatoms. The molecule has 2 fully saturated rings. The summed E-state index contributed by atoms with van der Waals surface area (Å²) in [6.45, 7) is 1.81. The van der Waals surface area contributed by atoms with Gasteiger partial charge in [-0.15, -0.1) is 0 Å². The Morgan fingerprint density at radius 2 is 2.19 bits per heavy atom. The van der Waals surface area contributed by atoms with Crippen molar-refractivity contribution in [2.45, 2.75) is 38.1 Å². The number of hydrogen-bond acceptors (Lipinski definition) is 3. The first-order valence-corrected chi connectivity index (χ1v) is 6.22. The minimum Gasteiger partial charge on any atom is -0.352 e. The van der Waals surface area contributed by atoms with Crippen molar-refractivity contribution in [3.63, 3.8) is 0 Å². The van der Waals surface area contributed by atoms with Gasteiger partial charge in [0.2, 0.25) is 5.91 Å². The molecule has 0 radical (unpaired) electrons. The number of hydrogen-bond donors (Lipinski definition) is 2. The van der Waals surface area contributed by atoms with Gasteiger partial charge in [0.25, 0.3) is 0 Å². The molecule has 1 saturated carbocycles. The van der Waals surface area contributed by atoms with Gasteiger partial charge in [0.05, 0.1) is 17.9 Å². The van der Waals surface area contributed by atoms with Crippen molar-refractivity contribution in [3.05, 3.63) is 0 Å². The van der Waals surface area contributed by atoms with Crippen LogP contribution in [0.3, 0.4) is 0 Å². The molecule has 2 N–H and O–H groups in total. The molecular formula is C12H19N3O. The minimum atomic E-state index is 0.0282. The van der Waals surface area contributed by atoms with E-state index in [1.54, 1.807) is 0 Å². The lowest BCUT2D eigenvalue weighted by Gasteiger charge is -2.24. The van der Waals surface area contributed by atoms with Crippen LogP contribution in [-0.4, -0.2) is 25.0 Å². The Bertz CT molecular complexity index is 291. The molecule has 0 spiro atoms. The van der Waals surface area contributed by atoms with Crippen LogP contribution in [0.5, 0.6) is 0 Å². The summed E-state index contributed by atoms with van der Waals surface area (Å²) in [5.74, 6) is 0.272. The number of piperidine rings is 1. The molecule has 0 aromatic heterocycles. The number of nitrogens with one attached hydrogen (secondary N) is 2. The van der Waals surface area contributed by atoms with E-state index in [0.29, 0.717) is 0 Å². The van der Waals surface area contributed by atoms with E-state index in [0.717, 1.165) is 45.2 Å². The maximum atomic E-state index is 12.0. The molecule has 1 heterocycles. The van der Waals surface area contributed by atoms with Gasteiger partial charge in [0, 0.05) is 12.6 Å². The summed E-state index contributed by atoms with van der Waals surface area (Å²) in [4.78, 5) is 12.0. The van der Waals surface area contributed by atoms with Crippen molar-refractivity contribution in [1.82, 2.24) is 10.6 Å². The number of amides is 1. The SMILES string of the molecule is N#CC1CCCC1NC(=O)C1CCCNC1. The number of rotatable bonds is 2. The van der Waals surface area contributed by atoms with Gasteiger partial charge in [0.1, 0.15) is 0 Å². The summed E-state index contributed by atoms with van der Waals surface area (Å²) in [7, 11) is 0. The second-order valence-corrected chi connectivity index (χ2v) is 4.82. The fraction of sp³-hybridized carbons (Fsp3) is 0.833. The Kier molecular flexibility index (Phi) is 3.79. The van der Waals surface area contributed by atoms with E-state index in [9.17, 15) is 4.79 Å². The van der Waals surface area contributed by atoms with E-state index < -0.39 is 0 Å². The zero-order valence-electron chi connectivity index (χ0n) is 9.54. The molecule has 2 rings (SSSR count). The fourth-order valence-corrected chi connectivity index (χ4v) is 2.66. The minimum absolute atomic E-state index is 0.0282. The van der Waals surface area contributed by atoms with Crippen LogP contribution in [0, 0.1) is 23.2 Å². The van der Waals surface area contributed by atoms with Crippen LogP contribution in [0.15, 0.2) is 0 Å². The number of carbonyl (C=O) groups excluding carboxylic acids is 1. The van der Waals surface area contributed by atoms with E-state index in [1.165, 1.54) is 0 Å². The van der Waals surface area contributed by atoms with Gasteiger partial charge in [-0.3, -0.25) is 4.79 Å². The van der Waals surface area contributed by atoms with Crippen LogP contribution in [0.2, 0.25) is 0 Å². The summed E-state index contributed by atoms with van der Waals surface area (Å²) in [5, 5.41) is 15.2. The molecule has 0 aromatic rings. The van der Waals surface area contributed by atoms with Crippen LogP contribution >= 0.6 is 0 Å². The highest BCUT2D eigenvalue weighted by Crippen LogP contribution is 2.25. The van der Waals surface area contributed by atoms with Crippen molar-refractivity contribution in [1.29, 1.82) is 5.26 Å². The van der Waals surface area contributed by atoms with Crippen molar-refractivity contribution in [3.8, 4) is 6.07 Å². The van der Waals surface area contributed by atoms with Gasteiger partial charge < -0.3 is 10.6 Å². The van der Waals surface area contributed by atoms with E-state index in [1.807, 2.05) is 0 Å². The smallest absolute Gasteiger partial charge is 0.224 e. The Labute approximate surface area is 96.4 Å². The normalized spacial score (nSPS) is 34.3. The quantitative estimate of drug-likeness (QED) is 0.724. The van der Waals surface area contributed by atoms with Crippen molar-refractivity contribution in [2.24, 2.45) is 11.8 Å². The molecule has 3 atom stereocenters. The molecule has 1 saturated heterocycles. The molecule has 16 heavy (non-hydrogen) atoms. The first-order chi connectivity index (χ1) is 7.81. The maximum absolute atomic E-state index is 12.0. The second kappa shape index (κ2) is 5.31. The number of nitriles is 1. The monoisotopic (exact) mass is 221 g/mol. The van der Waals surface area contributed by atoms with Gasteiger partial charge in [0.15, 0.2) is 0 Å². The van der Waals surface area contributed by atoms with Crippen molar-refractivity contribution in [2.75, 3.05) is 13.1 Å². The third-order valence-electron chi connectivity index (χ3n) is 3.68. The average molecular weight is 221 g/mol. The summed E-state index contributed by atoms with van der Waals surface area (Å²) < 4.78 is 0. The molecule has 2 aliphatic rings. The van der Waals surface area contributed by atoms with Crippen LogP contribution in [0.25, 0.3) is 0 Å². The molecule has 1 aliphatic heterocycles. The highest BCUT2D eigenvalue weighted by molar-refractivity contribution is 5.79. The van der Waals surface area contributed by atoms with Crippen LogP contribution in [-0.2, 0) is 4.79 Å². The number of carbonyl (C=O) groups is 1. The molecule has 0 bridgehead atoms. The third kappa shape index (κ3) is 2.53. The van der Waals surface area contributed by atoms with E-state index in [4.69, 9.17) is 5.26 Å². The van der Waals surface area contributed by atoms with E-state index in [-0.39, 0.29) is 23.8 Å². The van der Waals surface area contributed by atoms with E-state index >= 15 is 0 Å². The number of nitrogens with zero attached hydrogens (tertiary/aromatic N) is 1. The first kappa shape index (κ1) is 11.4. The zero-order chi connectivity index (χ0) is 11.4. The predicted octanol–water partition coefficient (Wildman–Crippen LogP) is 0.794. The lowest BCUT2D eigenvalue weighted by atomic mass is 9.97. The first-order valence-electron chi connectivity index (χ1n) is 6.22. The summed E-state index contributed by atoms with van der Waals surface area (Å²) >= 11 is 0. The molecule has 0 aromatic carbocycles. The van der Waals surface area contributed by atoms with Crippen LogP contribution in [0.4, 0.5) is 0 Å². The van der Waals surface area contributed by atoms with Gasteiger partial charge in [-0.25, -0.2) is 0 Å². The summed E-state index contributed by atoms with van der Waals surface area (Å²) in [5.41, 5.74) is 0. The molecular weight excluding hydrogens is 202 g/mol. The molecule has 88 valence electrons. The fourth-order valence-electron chi connectivity index (χ4n) is 2.66. The molecule has 4 nitrogen and oxygen atoms in total. The summed E-state index contributed by atoms with van der Waals surface area (Å²) in [6.07, 6.45) is 5.01. The van der Waals surface area contributed by atoms with Crippen molar-refractivity contribution >= 4 is 5.91 Å². The van der Waals surface area contributed by atoms with Gasteiger partial charge >= 0.3 is 0 Å². The van der Waals surface area contributed by atoms with Crippen LogP contribution in [0.1, 0.15) is 32.1 Å². The van der Waals surface area contributed by atoms with Gasteiger partial charge in [-0.2, -0.15) is 5.26 Å². The predicted molar refractivity (Wildman–Crippen MR) is 60.5 cm³/mol.